The lowest BCUT2D eigenvalue weighted by Crippen LogP contribution is -2.11. The van der Waals surface area contributed by atoms with Crippen LogP contribution in [0.15, 0.2) is 12.1 Å². The van der Waals surface area contributed by atoms with Crippen molar-refractivity contribution in [1.29, 1.82) is 0 Å². The second kappa shape index (κ2) is 4.61. The van der Waals surface area contributed by atoms with Gasteiger partial charge in [-0.2, -0.15) is 5.10 Å². The Balaban J connectivity index is 2.19. The minimum absolute atomic E-state index is 0.140. The van der Waals surface area contributed by atoms with Gasteiger partial charge in [0.25, 0.3) is 5.91 Å². The summed E-state index contributed by atoms with van der Waals surface area (Å²) in [6, 6.07) is 2.91. The van der Waals surface area contributed by atoms with Gasteiger partial charge in [0.05, 0.1) is 22.0 Å². The Hall–Kier alpha value is -2.15. The standard InChI is InChI=1S/C11H11N3O3S/c1-5-9(6(2)14-13-5)12-10(15)7-3-4-8(18-7)11(16)17/h3-4H,1-2H3,(H,12,15)(H,13,14)(H,16,17). The Morgan fingerprint density at radius 3 is 2.50 bits per heavy atom. The quantitative estimate of drug-likeness (QED) is 0.791. The fourth-order valence-corrected chi connectivity index (χ4v) is 2.23. The Bertz CT molecular complexity index is 595. The van der Waals surface area contributed by atoms with Crippen molar-refractivity contribution in [1.82, 2.24) is 10.2 Å². The van der Waals surface area contributed by atoms with Crippen LogP contribution in [-0.4, -0.2) is 27.2 Å². The van der Waals surface area contributed by atoms with Gasteiger partial charge >= 0.3 is 5.97 Å². The average molecular weight is 265 g/mol. The summed E-state index contributed by atoms with van der Waals surface area (Å²) in [5.41, 5.74) is 2.08. The summed E-state index contributed by atoms with van der Waals surface area (Å²) in [5, 5.41) is 18.2. The van der Waals surface area contributed by atoms with Crippen LogP contribution in [0.1, 0.15) is 30.7 Å². The van der Waals surface area contributed by atoms with Crippen LogP contribution in [0, 0.1) is 13.8 Å². The molecule has 0 saturated heterocycles. The van der Waals surface area contributed by atoms with E-state index < -0.39 is 5.97 Å². The van der Waals surface area contributed by atoms with Gasteiger partial charge in [0.15, 0.2) is 0 Å². The smallest absolute Gasteiger partial charge is 0.345 e. The van der Waals surface area contributed by atoms with Crippen LogP contribution in [0.25, 0.3) is 0 Å². The number of hydrogen-bond acceptors (Lipinski definition) is 4. The normalized spacial score (nSPS) is 10.3. The van der Waals surface area contributed by atoms with Crippen LogP contribution in [-0.2, 0) is 0 Å². The molecule has 0 unspecified atom stereocenters. The minimum atomic E-state index is -1.03. The van der Waals surface area contributed by atoms with Crippen molar-refractivity contribution in [3.8, 4) is 0 Å². The van der Waals surface area contributed by atoms with E-state index in [0.717, 1.165) is 17.0 Å². The number of aromatic amines is 1. The van der Waals surface area contributed by atoms with Gasteiger partial charge in [-0.15, -0.1) is 11.3 Å². The maximum Gasteiger partial charge on any atom is 0.345 e. The number of nitrogens with one attached hydrogen (secondary N) is 2. The first-order chi connectivity index (χ1) is 8.49. The lowest BCUT2D eigenvalue weighted by Gasteiger charge is -2.02. The molecule has 0 saturated carbocycles. The van der Waals surface area contributed by atoms with E-state index in [4.69, 9.17) is 5.11 Å². The van der Waals surface area contributed by atoms with Crippen molar-refractivity contribution in [3.63, 3.8) is 0 Å². The highest BCUT2D eigenvalue weighted by molar-refractivity contribution is 7.15. The van der Waals surface area contributed by atoms with E-state index in [9.17, 15) is 9.59 Å². The van der Waals surface area contributed by atoms with E-state index >= 15 is 0 Å². The van der Waals surface area contributed by atoms with Crippen molar-refractivity contribution in [2.24, 2.45) is 0 Å². The molecule has 0 spiro atoms. The van der Waals surface area contributed by atoms with Gasteiger partial charge < -0.3 is 10.4 Å². The third-order valence-electron chi connectivity index (χ3n) is 2.41. The molecule has 2 aromatic heterocycles. The molecule has 3 N–H and O–H groups in total. The van der Waals surface area contributed by atoms with E-state index in [-0.39, 0.29) is 10.8 Å². The summed E-state index contributed by atoms with van der Waals surface area (Å²) in [5.74, 6) is -1.37. The Labute approximate surface area is 107 Å². The molecule has 1 amide bonds. The monoisotopic (exact) mass is 265 g/mol. The largest absolute Gasteiger partial charge is 0.477 e. The van der Waals surface area contributed by atoms with Gasteiger partial charge in [-0.3, -0.25) is 9.89 Å². The second-order valence-electron chi connectivity index (χ2n) is 3.73. The molecule has 2 rings (SSSR count). The van der Waals surface area contributed by atoms with Crippen molar-refractivity contribution in [2.45, 2.75) is 13.8 Å². The summed E-state index contributed by atoms with van der Waals surface area (Å²) in [4.78, 5) is 23.1. The number of anilines is 1. The number of carbonyl (C=O) groups is 2. The molecule has 0 atom stereocenters. The first-order valence-corrected chi connectivity index (χ1v) is 5.96. The van der Waals surface area contributed by atoms with Crippen molar-refractivity contribution in [3.05, 3.63) is 33.3 Å². The number of hydrogen-bond donors (Lipinski definition) is 3. The fraction of sp³-hybridized carbons (Fsp3) is 0.182. The number of thiophene rings is 1. The highest BCUT2D eigenvalue weighted by atomic mass is 32.1. The van der Waals surface area contributed by atoms with E-state index in [1.54, 1.807) is 13.8 Å². The third kappa shape index (κ3) is 2.25. The van der Waals surface area contributed by atoms with Crippen LogP contribution in [0.5, 0.6) is 0 Å². The number of carboxylic acid groups (broad SMARTS) is 1. The molecular weight excluding hydrogens is 254 g/mol. The van der Waals surface area contributed by atoms with E-state index in [2.05, 4.69) is 15.5 Å². The van der Waals surface area contributed by atoms with Crippen LogP contribution >= 0.6 is 11.3 Å². The molecule has 0 aliphatic rings. The molecule has 0 fully saturated rings. The average Bonchev–Trinajstić information content (AvgIpc) is 2.91. The summed E-state index contributed by atoms with van der Waals surface area (Å²) in [6.07, 6.45) is 0. The first-order valence-electron chi connectivity index (χ1n) is 5.15. The number of amides is 1. The number of carbonyl (C=O) groups excluding carboxylic acids is 1. The second-order valence-corrected chi connectivity index (χ2v) is 4.82. The predicted octanol–water partition coefficient (Wildman–Crippen LogP) is 2.04. The number of aromatic carboxylic acids is 1. The van der Waals surface area contributed by atoms with Crippen molar-refractivity contribution in [2.75, 3.05) is 5.32 Å². The molecular formula is C11H11N3O3S. The molecule has 0 aliphatic carbocycles. The highest BCUT2D eigenvalue weighted by Gasteiger charge is 2.15. The summed E-state index contributed by atoms with van der Waals surface area (Å²) in [7, 11) is 0. The van der Waals surface area contributed by atoms with Gasteiger partial charge in [-0.1, -0.05) is 0 Å². The third-order valence-corrected chi connectivity index (χ3v) is 3.48. The molecule has 18 heavy (non-hydrogen) atoms. The Morgan fingerprint density at radius 1 is 1.33 bits per heavy atom. The van der Waals surface area contributed by atoms with E-state index in [0.29, 0.717) is 16.3 Å². The first kappa shape index (κ1) is 12.3. The van der Waals surface area contributed by atoms with Crippen LogP contribution < -0.4 is 5.32 Å². The summed E-state index contributed by atoms with van der Waals surface area (Å²) in [6.45, 7) is 3.57. The van der Waals surface area contributed by atoms with Crippen molar-refractivity contribution < 1.29 is 14.7 Å². The van der Waals surface area contributed by atoms with Crippen LogP contribution in [0.4, 0.5) is 5.69 Å². The molecule has 2 heterocycles. The van der Waals surface area contributed by atoms with Gasteiger partial charge in [-0.25, -0.2) is 4.79 Å². The zero-order valence-corrected chi connectivity index (χ0v) is 10.6. The maximum absolute atomic E-state index is 11.9. The van der Waals surface area contributed by atoms with Gasteiger partial charge in [0.1, 0.15) is 4.88 Å². The van der Waals surface area contributed by atoms with Crippen molar-refractivity contribution >= 4 is 28.9 Å². The molecule has 0 aliphatic heterocycles. The molecule has 0 radical (unpaired) electrons. The molecule has 0 bridgehead atoms. The lowest BCUT2D eigenvalue weighted by atomic mass is 10.3. The zero-order valence-electron chi connectivity index (χ0n) is 9.77. The van der Waals surface area contributed by atoms with Gasteiger partial charge in [0, 0.05) is 0 Å². The predicted molar refractivity (Wildman–Crippen MR) is 67.3 cm³/mol. The Kier molecular flexibility index (Phi) is 3.15. The number of H-pyrrole nitrogens is 1. The molecule has 2 aromatic rings. The topological polar surface area (TPSA) is 95.1 Å². The fourth-order valence-electron chi connectivity index (χ4n) is 1.49. The van der Waals surface area contributed by atoms with Crippen LogP contribution in [0.3, 0.4) is 0 Å². The van der Waals surface area contributed by atoms with E-state index in [1.807, 2.05) is 0 Å². The number of rotatable bonds is 3. The SMILES string of the molecule is Cc1n[nH]c(C)c1NC(=O)c1ccc(C(=O)O)s1. The van der Waals surface area contributed by atoms with Gasteiger partial charge in [0.2, 0.25) is 0 Å². The molecule has 0 aromatic carbocycles. The lowest BCUT2D eigenvalue weighted by molar-refractivity contribution is 0.0702. The molecule has 7 heteroatoms. The number of aryl methyl sites for hydroxylation is 2. The summed E-state index contributed by atoms with van der Waals surface area (Å²) < 4.78 is 0. The van der Waals surface area contributed by atoms with E-state index in [1.165, 1.54) is 12.1 Å². The summed E-state index contributed by atoms with van der Waals surface area (Å²) >= 11 is 0.940. The number of carboxylic acids is 1. The number of aromatic nitrogens is 2. The maximum atomic E-state index is 11.9. The van der Waals surface area contributed by atoms with Crippen LogP contribution in [0.2, 0.25) is 0 Å². The number of nitrogens with zero attached hydrogens (tertiary/aromatic N) is 1. The highest BCUT2D eigenvalue weighted by Crippen LogP contribution is 2.21. The van der Waals surface area contributed by atoms with Gasteiger partial charge in [-0.05, 0) is 26.0 Å². The zero-order chi connectivity index (χ0) is 13.3. The minimum Gasteiger partial charge on any atom is -0.477 e. The molecule has 94 valence electrons. The Morgan fingerprint density at radius 2 is 2.00 bits per heavy atom. The molecule has 6 nitrogen and oxygen atoms in total.